The second-order valence-electron chi connectivity index (χ2n) is 7.85. The highest BCUT2D eigenvalue weighted by Crippen LogP contribution is 2.33. The maximum absolute atomic E-state index is 13.2. The van der Waals surface area contributed by atoms with E-state index in [-0.39, 0.29) is 29.3 Å². The summed E-state index contributed by atoms with van der Waals surface area (Å²) in [5.74, 6) is -1.88. The molecule has 1 amide bonds. The number of hydrogen-bond donors (Lipinski definition) is 5. The molecule has 188 valence electrons. The number of nitrogens with two attached hydrogens (primary N) is 1. The number of carbonyl (C=O) groups excluding carboxylic acids is 1. The van der Waals surface area contributed by atoms with Gasteiger partial charge >= 0.3 is 12.1 Å². The zero-order valence-electron chi connectivity index (χ0n) is 19.1. The fraction of sp³-hybridized carbons (Fsp3) is 0.160. The van der Waals surface area contributed by atoms with E-state index < -0.39 is 30.2 Å². The number of alkyl halides is 3. The lowest BCUT2D eigenvalue weighted by atomic mass is 10.1. The number of amidine groups is 1. The van der Waals surface area contributed by atoms with Crippen LogP contribution < -0.4 is 21.1 Å². The Morgan fingerprint density at radius 2 is 1.75 bits per heavy atom. The monoisotopic (exact) mass is 500 g/mol. The van der Waals surface area contributed by atoms with Gasteiger partial charge in [-0.15, -0.1) is 0 Å². The van der Waals surface area contributed by atoms with Crippen LogP contribution in [0.4, 0.5) is 24.5 Å². The summed E-state index contributed by atoms with van der Waals surface area (Å²) in [5.41, 5.74) is 6.91. The second-order valence-corrected chi connectivity index (χ2v) is 7.85. The number of anilines is 2. The number of aliphatic carboxylic acids is 1. The maximum Gasteiger partial charge on any atom is 0.416 e. The maximum atomic E-state index is 13.2. The van der Waals surface area contributed by atoms with Gasteiger partial charge in [-0.3, -0.25) is 10.2 Å². The first-order valence-electron chi connectivity index (χ1n) is 10.6. The van der Waals surface area contributed by atoms with Crippen LogP contribution in [0.3, 0.4) is 0 Å². The summed E-state index contributed by atoms with van der Waals surface area (Å²) >= 11 is 0. The third kappa shape index (κ3) is 6.75. The molecular formula is C25H23F3N4O4. The number of nitrogens with one attached hydrogen (secondary N) is 3. The van der Waals surface area contributed by atoms with Crippen LogP contribution >= 0.6 is 0 Å². The van der Waals surface area contributed by atoms with Gasteiger partial charge in [-0.1, -0.05) is 11.6 Å². The summed E-state index contributed by atoms with van der Waals surface area (Å²) in [6.07, 6.45) is -4.60. The quantitative estimate of drug-likeness (QED) is 0.215. The van der Waals surface area contributed by atoms with Crippen LogP contribution in [0.25, 0.3) is 0 Å². The molecule has 0 aromatic heterocycles. The van der Waals surface area contributed by atoms with Gasteiger partial charge < -0.3 is 26.2 Å². The van der Waals surface area contributed by atoms with Gasteiger partial charge in [0.15, 0.2) is 6.61 Å². The topological polar surface area (TPSA) is 138 Å². The van der Waals surface area contributed by atoms with Crippen molar-refractivity contribution in [2.45, 2.75) is 19.6 Å². The molecule has 6 N–H and O–H groups in total. The first-order valence-corrected chi connectivity index (χ1v) is 10.6. The van der Waals surface area contributed by atoms with Gasteiger partial charge in [0.05, 0.1) is 11.1 Å². The summed E-state index contributed by atoms with van der Waals surface area (Å²) in [6, 6.07) is 14.1. The first-order chi connectivity index (χ1) is 16.9. The fourth-order valence-corrected chi connectivity index (χ4v) is 3.30. The van der Waals surface area contributed by atoms with E-state index in [2.05, 4.69) is 10.6 Å². The van der Waals surface area contributed by atoms with E-state index in [4.69, 9.17) is 21.0 Å². The Morgan fingerprint density at radius 1 is 1.06 bits per heavy atom. The Morgan fingerprint density at radius 3 is 2.36 bits per heavy atom. The fourth-order valence-electron chi connectivity index (χ4n) is 3.30. The third-order valence-corrected chi connectivity index (χ3v) is 5.08. The number of aryl methyl sites for hydroxylation is 1. The van der Waals surface area contributed by atoms with Crippen LogP contribution in [-0.4, -0.2) is 29.4 Å². The van der Waals surface area contributed by atoms with Crippen molar-refractivity contribution in [2.24, 2.45) is 5.73 Å². The Hall–Kier alpha value is -4.54. The predicted molar refractivity (Wildman–Crippen MR) is 128 cm³/mol. The molecule has 11 heteroatoms. The molecule has 0 aliphatic heterocycles. The summed E-state index contributed by atoms with van der Waals surface area (Å²) in [5, 5.41) is 22.0. The van der Waals surface area contributed by atoms with E-state index >= 15 is 0 Å². The second kappa shape index (κ2) is 10.8. The van der Waals surface area contributed by atoms with Crippen LogP contribution in [-0.2, 0) is 17.5 Å². The number of carbonyl (C=O) groups is 2. The number of carboxylic acid groups (broad SMARTS) is 1. The SMILES string of the molecule is Cc1ccc(NCc2cc(C(F)(F)F)ccc2OCC(=O)O)c(C(=O)Nc2ccc(C(=N)N)cc2)c1. The van der Waals surface area contributed by atoms with Crippen LogP contribution in [0.2, 0.25) is 0 Å². The van der Waals surface area contributed by atoms with Crippen molar-refractivity contribution in [1.29, 1.82) is 5.41 Å². The zero-order chi connectivity index (χ0) is 26.5. The molecule has 0 bridgehead atoms. The van der Waals surface area contributed by atoms with E-state index in [1.807, 2.05) is 0 Å². The summed E-state index contributed by atoms with van der Waals surface area (Å²) in [6.45, 7) is 0.890. The highest BCUT2D eigenvalue weighted by molar-refractivity contribution is 6.08. The van der Waals surface area contributed by atoms with E-state index in [9.17, 15) is 22.8 Å². The highest BCUT2D eigenvalue weighted by Gasteiger charge is 2.31. The van der Waals surface area contributed by atoms with Crippen molar-refractivity contribution < 1.29 is 32.6 Å². The lowest BCUT2D eigenvalue weighted by Gasteiger charge is -2.17. The molecule has 0 saturated carbocycles. The normalized spacial score (nSPS) is 11.0. The molecule has 0 aliphatic carbocycles. The number of benzene rings is 3. The van der Waals surface area contributed by atoms with Gasteiger partial charge in [0.2, 0.25) is 0 Å². The lowest BCUT2D eigenvalue weighted by Crippen LogP contribution is -2.16. The summed E-state index contributed by atoms with van der Waals surface area (Å²) in [4.78, 5) is 23.9. The minimum absolute atomic E-state index is 0.0263. The number of carboxylic acids is 1. The number of rotatable bonds is 9. The Labute approximate surface area is 204 Å². The molecular weight excluding hydrogens is 477 g/mol. The van der Waals surface area contributed by atoms with Crippen molar-refractivity contribution in [1.82, 2.24) is 0 Å². The lowest BCUT2D eigenvalue weighted by molar-refractivity contribution is -0.140. The van der Waals surface area contributed by atoms with Crippen LogP contribution in [0.1, 0.15) is 32.6 Å². The molecule has 3 aromatic carbocycles. The molecule has 3 aromatic rings. The molecule has 0 atom stereocenters. The van der Waals surface area contributed by atoms with Crippen molar-refractivity contribution in [3.63, 3.8) is 0 Å². The molecule has 0 fully saturated rings. The minimum Gasteiger partial charge on any atom is -0.482 e. The Balaban J connectivity index is 1.85. The first kappa shape index (κ1) is 26.1. The number of amides is 1. The van der Waals surface area contributed by atoms with Gasteiger partial charge in [-0.2, -0.15) is 13.2 Å². The number of halogens is 3. The Bertz CT molecular complexity index is 1290. The zero-order valence-corrected chi connectivity index (χ0v) is 19.1. The summed E-state index contributed by atoms with van der Waals surface area (Å²) in [7, 11) is 0. The van der Waals surface area contributed by atoms with Gasteiger partial charge in [0.25, 0.3) is 5.91 Å². The largest absolute Gasteiger partial charge is 0.482 e. The molecule has 0 aliphatic rings. The van der Waals surface area contributed by atoms with E-state index in [0.29, 0.717) is 16.9 Å². The smallest absolute Gasteiger partial charge is 0.416 e. The molecule has 8 nitrogen and oxygen atoms in total. The van der Waals surface area contributed by atoms with Crippen molar-refractivity contribution in [3.05, 3.63) is 88.5 Å². The average molecular weight is 500 g/mol. The van der Waals surface area contributed by atoms with Crippen LogP contribution in [0.5, 0.6) is 5.75 Å². The molecule has 0 saturated heterocycles. The highest BCUT2D eigenvalue weighted by atomic mass is 19.4. The number of ether oxygens (including phenoxy) is 1. The molecule has 0 spiro atoms. The Kier molecular flexibility index (Phi) is 7.83. The third-order valence-electron chi connectivity index (χ3n) is 5.08. The predicted octanol–water partition coefficient (Wildman–Crippen LogP) is 4.63. The molecule has 3 rings (SSSR count). The van der Waals surface area contributed by atoms with Gasteiger partial charge in [-0.25, -0.2) is 4.79 Å². The van der Waals surface area contributed by atoms with Crippen molar-refractivity contribution in [3.8, 4) is 5.75 Å². The van der Waals surface area contributed by atoms with E-state index in [0.717, 1.165) is 23.8 Å². The van der Waals surface area contributed by atoms with Gasteiger partial charge in [-0.05, 0) is 61.5 Å². The minimum atomic E-state index is -4.60. The van der Waals surface area contributed by atoms with E-state index in [1.165, 1.54) is 0 Å². The molecule has 36 heavy (non-hydrogen) atoms. The van der Waals surface area contributed by atoms with Crippen molar-refractivity contribution >= 4 is 29.1 Å². The number of hydrogen-bond acceptors (Lipinski definition) is 5. The van der Waals surface area contributed by atoms with E-state index in [1.54, 1.807) is 49.4 Å². The van der Waals surface area contributed by atoms with Crippen LogP contribution in [0.15, 0.2) is 60.7 Å². The van der Waals surface area contributed by atoms with Crippen LogP contribution in [0, 0.1) is 12.3 Å². The van der Waals surface area contributed by atoms with Crippen molar-refractivity contribution in [2.75, 3.05) is 17.2 Å². The number of nitrogen functional groups attached to an aromatic ring is 1. The standard InChI is InChI=1S/C25H23F3N4O4/c1-14-2-8-20(19(10-14)24(35)32-18-6-3-15(4-7-18)23(29)30)31-12-16-11-17(25(26,27)28)5-9-21(16)36-13-22(33)34/h2-11,31H,12-13H2,1H3,(H3,29,30)(H,32,35)(H,33,34). The van der Waals surface area contributed by atoms with Gasteiger partial charge in [0.1, 0.15) is 11.6 Å². The van der Waals surface area contributed by atoms with Gasteiger partial charge in [0, 0.05) is 29.0 Å². The molecule has 0 radical (unpaired) electrons. The average Bonchev–Trinajstić information content (AvgIpc) is 2.81. The molecule has 0 heterocycles. The summed E-state index contributed by atoms with van der Waals surface area (Å²) < 4.78 is 44.9. The molecule has 0 unspecified atom stereocenters.